The van der Waals surface area contributed by atoms with E-state index in [1.807, 2.05) is 0 Å². The van der Waals surface area contributed by atoms with Crippen molar-refractivity contribution in [3.63, 3.8) is 0 Å². The summed E-state index contributed by atoms with van der Waals surface area (Å²) >= 11 is 0. The number of nitrogens with zero attached hydrogens (tertiary/aromatic N) is 4. The largest absolute Gasteiger partial charge is 0.390 e. The van der Waals surface area contributed by atoms with Crippen LogP contribution in [0.1, 0.15) is 19.3 Å². The van der Waals surface area contributed by atoms with Crippen LogP contribution in [0.3, 0.4) is 0 Å². The molecule has 1 fully saturated rings. The summed E-state index contributed by atoms with van der Waals surface area (Å²) in [5.74, 6) is 0.0217. The predicted molar refractivity (Wildman–Crippen MR) is 96.0 cm³/mol. The maximum absolute atomic E-state index is 13.3. The molecule has 28 heavy (non-hydrogen) atoms. The third-order valence-electron chi connectivity index (χ3n) is 4.40. The van der Waals surface area contributed by atoms with Crippen LogP contribution in [0.4, 0.5) is 23.5 Å². The van der Waals surface area contributed by atoms with E-state index in [9.17, 15) is 17.6 Å². The van der Waals surface area contributed by atoms with Gasteiger partial charge in [0.2, 0.25) is 5.95 Å². The van der Waals surface area contributed by atoms with Gasteiger partial charge in [-0.1, -0.05) is 0 Å². The molecule has 3 aromatic rings. The van der Waals surface area contributed by atoms with E-state index in [0.29, 0.717) is 34.6 Å². The van der Waals surface area contributed by atoms with E-state index < -0.39 is 18.4 Å². The number of nitrogens with one attached hydrogen (secondary N) is 1. The number of benzene rings is 1. The lowest BCUT2D eigenvalue weighted by Gasteiger charge is -2.12. The molecule has 4 rings (SSSR count). The van der Waals surface area contributed by atoms with Crippen LogP contribution in [0.25, 0.3) is 22.6 Å². The average Bonchev–Trinajstić information content (AvgIpc) is 3.36. The Morgan fingerprint density at radius 3 is 2.50 bits per heavy atom. The highest BCUT2D eigenvalue weighted by molar-refractivity contribution is 5.77. The highest BCUT2D eigenvalue weighted by Gasteiger charge is 2.28. The quantitative estimate of drug-likeness (QED) is 0.621. The molecule has 0 unspecified atom stereocenters. The lowest BCUT2D eigenvalue weighted by Crippen LogP contribution is -2.13. The lowest BCUT2D eigenvalue weighted by atomic mass is 10.1. The lowest BCUT2D eigenvalue weighted by molar-refractivity contribution is -0.136. The molecule has 1 N–H and O–H groups in total. The molecule has 0 saturated heterocycles. The zero-order valence-corrected chi connectivity index (χ0v) is 14.7. The number of aromatic nitrogens is 4. The molecule has 0 amide bonds. The van der Waals surface area contributed by atoms with Crippen molar-refractivity contribution in [3.05, 3.63) is 48.7 Å². The third-order valence-corrected chi connectivity index (χ3v) is 4.40. The van der Waals surface area contributed by atoms with Gasteiger partial charge in [0.15, 0.2) is 0 Å². The summed E-state index contributed by atoms with van der Waals surface area (Å²) in [6, 6.07) is 7.62. The number of hydrogen-bond acceptors (Lipinski definition) is 4. The van der Waals surface area contributed by atoms with Gasteiger partial charge in [-0.15, -0.1) is 0 Å². The first-order valence-electron chi connectivity index (χ1n) is 8.87. The Morgan fingerprint density at radius 2 is 1.82 bits per heavy atom. The predicted octanol–water partition coefficient (Wildman–Crippen LogP) is 4.67. The molecule has 0 atom stereocenters. The molecule has 9 heteroatoms. The molecule has 2 heterocycles. The second kappa shape index (κ2) is 7.21. The van der Waals surface area contributed by atoms with E-state index in [4.69, 9.17) is 0 Å². The van der Waals surface area contributed by atoms with Gasteiger partial charge in [-0.2, -0.15) is 13.2 Å². The average molecular weight is 391 g/mol. The molecule has 2 aromatic heterocycles. The highest BCUT2D eigenvalue weighted by Crippen LogP contribution is 2.32. The van der Waals surface area contributed by atoms with Gasteiger partial charge in [-0.3, -0.25) is 0 Å². The molecule has 5 nitrogen and oxygen atoms in total. The SMILES string of the molecule is Fc1ccc(-c2ncn(CCC(F)(F)F)c2-c2ccnc(NC3CC3)n2)cc1. The molecule has 1 aliphatic carbocycles. The summed E-state index contributed by atoms with van der Waals surface area (Å²) in [6.45, 7) is -0.289. The number of imidazole rings is 1. The van der Waals surface area contributed by atoms with Gasteiger partial charge in [0.05, 0.1) is 29.8 Å². The Hall–Kier alpha value is -2.97. The fraction of sp³-hybridized carbons (Fsp3) is 0.316. The van der Waals surface area contributed by atoms with Crippen LogP contribution in [-0.2, 0) is 6.54 Å². The number of anilines is 1. The number of rotatable bonds is 6. The van der Waals surface area contributed by atoms with Gasteiger partial charge in [-0.25, -0.2) is 19.3 Å². The van der Waals surface area contributed by atoms with Crippen molar-refractivity contribution in [3.8, 4) is 22.6 Å². The zero-order valence-electron chi connectivity index (χ0n) is 14.7. The zero-order chi connectivity index (χ0) is 19.7. The molecular weight excluding hydrogens is 374 g/mol. The van der Waals surface area contributed by atoms with Crippen LogP contribution < -0.4 is 5.32 Å². The molecule has 1 saturated carbocycles. The summed E-state index contributed by atoms with van der Waals surface area (Å²) in [4.78, 5) is 12.9. The van der Waals surface area contributed by atoms with E-state index in [-0.39, 0.29) is 6.54 Å². The van der Waals surface area contributed by atoms with Gasteiger partial charge in [0, 0.05) is 24.3 Å². The fourth-order valence-corrected chi connectivity index (χ4v) is 2.86. The Balaban J connectivity index is 1.75. The Bertz CT molecular complexity index is 961. The molecule has 1 aliphatic rings. The van der Waals surface area contributed by atoms with Gasteiger partial charge in [-0.05, 0) is 43.2 Å². The van der Waals surface area contributed by atoms with Crippen molar-refractivity contribution in [1.82, 2.24) is 19.5 Å². The summed E-state index contributed by atoms with van der Waals surface area (Å²) in [6.07, 6.45) is -0.284. The standard InChI is InChI=1S/C19H17F4N5/c20-13-3-1-12(2-4-13)16-17(28(11-25-16)10-8-19(21,22)23)15-7-9-24-18(27-15)26-14-5-6-14/h1-4,7,9,11,14H,5-6,8,10H2,(H,24,26,27). The minimum absolute atomic E-state index is 0.289. The van der Waals surface area contributed by atoms with Gasteiger partial charge < -0.3 is 9.88 Å². The Morgan fingerprint density at radius 1 is 1.07 bits per heavy atom. The smallest absolute Gasteiger partial charge is 0.351 e. The molecular formula is C19H17F4N5. The Kier molecular flexibility index (Phi) is 4.74. The van der Waals surface area contributed by atoms with E-state index >= 15 is 0 Å². The van der Waals surface area contributed by atoms with Crippen molar-refractivity contribution in [2.24, 2.45) is 0 Å². The van der Waals surface area contributed by atoms with E-state index in [2.05, 4.69) is 20.3 Å². The van der Waals surface area contributed by atoms with Crippen LogP contribution in [0, 0.1) is 5.82 Å². The fourth-order valence-electron chi connectivity index (χ4n) is 2.86. The first-order valence-corrected chi connectivity index (χ1v) is 8.87. The van der Waals surface area contributed by atoms with Crippen LogP contribution in [0.2, 0.25) is 0 Å². The van der Waals surface area contributed by atoms with Gasteiger partial charge in [0.25, 0.3) is 0 Å². The minimum Gasteiger partial charge on any atom is -0.351 e. The van der Waals surface area contributed by atoms with Crippen LogP contribution in [0.15, 0.2) is 42.9 Å². The topological polar surface area (TPSA) is 55.6 Å². The number of aryl methyl sites for hydroxylation is 1. The maximum Gasteiger partial charge on any atom is 0.390 e. The maximum atomic E-state index is 13.3. The normalized spacial score (nSPS) is 14.3. The van der Waals surface area contributed by atoms with Crippen molar-refractivity contribution >= 4 is 5.95 Å². The van der Waals surface area contributed by atoms with Crippen LogP contribution in [-0.4, -0.2) is 31.7 Å². The third kappa shape index (κ3) is 4.29. The molecule has 0 bridgehead atoms. The van der Waals surface area contributed by atoms with E-state index in [1.165, 1.54) is 23.0 Å². The van der Waals surface area contributed by atoms with E-state index in [1.54, 1.807) is 24.4 Å². The molecule has 1 aromatic carbocycles. The van der Waals surface area contributed by atoms with Crippen LogP contribution in [0.5, 0.6) is 0 Å². The van der Waals surface area contributed by atoms with Crippen molar-refractivity contribution < 1.29 is 17.6 Å². The minimum atomic E-state index is -4.29. The number of hydrogen-bond donors (Lipinski definition) is 1. The highest BCUT2D eigenvalue weighted by atomic mass is 19.4. The molecule has 0 radical (unpaired) electrons. The summed E-state index contributed by atoms with van der Waals surface area (Å²) < 4.78 is 53.0. The summed E-state index contributed by atoms with van der Waals surface area (Å²) in [7, 11) is 0. The van der Waals surface area contributed by atoms with Crippen LogP contribution >= 0.6 is 0 Å². The number of alkyl halides is 3. The second-order valence-corrected chi connectivity index (χ2v) is 6.69. The molecule has 0 spiro atoms. The van der Waals surface area contributed by atoms with Gasteiger partial charge >= 0.3 is 6.18 Å². The molecule has 146 valence electrons. The first-order chi connectivity index (χ1) is 13.4. The monoisotopic (exact) mass is 391 g/mol. The van der Waals surface area contributed by atoms with Crippen molar-refractivity contribution in [2.45, 2.75) is 38.0 Å². The van der Waals surface area contributed by atoms with Crippen molar-refractivity contribution in [1.29, 1.82) is 0 Å². The van der Waals surface area contributed by atoms with Crippen molar-refractivity contribution in [2.75, 3.05) is 5.32 Å². The summed E-state index contributed by atoms with van der Waals surface area (Å²) in [5.41, 5.74) is 1.94. The second-order valence-electron chi connectivity index (χ2n) is 6.69. The van der Waals surface area contributed by atoms with E-state index in [0.717, 1.165) is 12.8 Å². The molecule has 0 aliphatic heterocycles. The number of halogens is 4. The van der Waals surface area contributed by atoms with Gasteiger partial charge in [0.1, 0.15) is 5.82 Å². The first kappa shape index (κ1) is 18.4. The summed E-state index contributed by atoms with van der Waals surface area (Å²) in [5, 5.41) is 3.18. The Labute approximate surface area is 158 Å².